The molecular formula is C13H13NO3. The van der Waals surface area contributed by atoms with Gasteiger partial charge in [0.1, 0.15) is 0 Å². The minimum atomic E-state index is -0.844. The van der Waals surface area contributed by atoms with Crippen molar-refractivity contribution in [3.8, 4) is 0 Å². The smallest absolute Gasteiger partial charge is 0.256 e. The van der Waals surface area contributed by atoms with Gasteiger partial charge < -0.3 is 5.11 Å². The summed E-state index contributed by atoms with van der Waals surface area (Å²) in [6.07, 6.45) is 0.448. The number of hydrogen-bond acceptors (Lipinski definition) is 3. The molecule has 1 atom stereocenters. The molecule has 2 amide bonds. The third-order valence-electron chi connectivity index (χ3n) is 2.73. The van der Waals surface area contributed by atoms with Gasteiger partial charge in [-0.15, -0.1) is 0 Å². The van der Waals surface area contributed by atoms with Crippen LogP contribution in [0.15, 0.2) is 42.0 Å². The number of aliphatic hydroxyl groups is 1. The SMILES string of the molecule is CC1=CC(=O)N(CC(O)c2ccccc2)C1=O. The molecule has 0 bridgehead atoms. The largest absolute Gasteiger partial charge is 0.387 e. The first-order chi connectivity index (χ1) is 8.09. The first-order valence-electron chi connectivity index (χ1n) is 5.36. The van der Waals surface area contributed by atoms with Crippen molar-refractivity contribution in [2.75, 3.05) is 6.54 Å². The number of nitrogens with zero attached hydrogens (tertiary/aromatic N) is 1. The number of aliphatic hydroxyl groups excluding tert-OH is 1. The van der Waals surface area contributed by atoms with Gasteiger partial charge >= 0.3 is 0 Å². The number of benzene rings is 1. The van der Waals surface area contributed by atoms with E-state index in [0.29, 0.717) is 11.1 Å². The summed E-state index contributed by atoms with van der Waals surface area (Å²) in [7, 11) is 0. The monoisotopic (exact) mass is 231 g/mol. The molecule has 4 heteroatoms. The molecule has 4 nitrogen and oxygen atoms in total. The number of carbonyl (C=O) groups is 2. The second-order valence-electron chi connectivity index (χ2n) is 4.01. The zero-order valence-corrected chi connectivity index (χ0v) is 9.46. The Morgan fingerprint density at radius 3 is 2.41 bits per heavy atom. The maximum absolute atomic E-state index is 11.6. The van der Waals surface area contributed by atoms with Gasteiger partial charge in [-0.1, -0.05) is 30.3 Å². The van der Waals surface area contributed by atoms with E-state index in [-0.39, 0.29) is 18.4 Å². The topological polar surface area (TPSA) is 57.6 Å². The Balaban J connectivity index is 2.08. The first kappa shape index (κ1) is 11.5. The quantitative estimate of drug-likeness (QED) is 0.790. The van der Waals surface area contributed by atoms with E-state index in [9.17, 15) is 14.7 Å². The van der Waals surface area contributed by atoms with Crippen LogP contribution in [0.4, 0.5) is 0 Å². The van der Waals surface area contributed by atoms with Crippen molar-refractivity contribution in [3.63, 3.8) is 0 Å². The fourth-order valence-electron chi connectivity index (χ4n) is 1.76. The first-order valence-corrected chi connectivity index (χ1v) is 5.36. The highest BCUT2D eigenvalue weighted by Gasteiger charge is 2.30. The van der Waals surface area contributed by atoms with Gasteiger partial charge in [-0.2, -0.15) is 0 Å². The number of hydrogen-bond donors (Lipinski definition) is 1. The molecule has 0 spiro atoms. The molecule has 0 radical (unpaired) electrons. The third-order valence-corrected chi connectivity index (χ3v) is 2.73. The van der Waals surface area contributed by atoms with Crippen LogP contribution in [0.2, 0.25) is 0 Å². The maximum Gasteiger partial charge on any atom is 0.256 e. The van der Waals surface area contributed by atoms with E-state index >= 15 is 0 Å². The Morgan fingerprint density at radius 2 is 1.88 bits per heavy atom. The van der Waals surface area contributed by atoms with E-state index in [2.05, 4.69) is 0 Å². The van der Waals surface area contributed by atoms with Crippen LogP contribution in [0.3, 0.4) is 0 Å². The second kappa shape index (κ2) is 4.51. The Bertz CT molecular complexity index is 479. The molecule has 1 unspecified atom stereocenters. The molecule has 1 heterocycles. The van der Waals surface area contributed by atoms with Crippen LogP contribution in [-0.2, 0) is 9.59 Å². The van der Waals surface area contributed by atoms with Gasteiger partial charge in [0.2, 0.25) is 0 Å². The van der Waals surface area contributed by atoms with E-state index < -0.39 is 6.10 Å². The summed E-state index contributed by atoms with van der Waals surface area (Å²) in [6, 6.07) is 8.96. The summed E-state index contributed by atoms with van der Waals surface area (Å²) in [6.45, 7) is 1.59. The maximum atomic E-state index is 11.6. The van der Waals surface area contributed by atoms with Crippen molar-refractivity contribution in [3.05, 3.63) is 47.5 Å². The van der Waals surface area contributed by atoms with E-state index in [1.54, 1.807) is 31.2 Å². The van der Waals surface area contributed by atoms with Crippen LogP contribution in [0, 0.1) is 0 Å². The highest BCUT2D eigenvalue weighted by Crippen LogP contribution is 2.18. The number of carbonyl (C=O) groups excluding carboxylic acids is 2. The van der Waals surface area contributed by atoms with Crippen LogP contribution in [0.1, 0.15) is 18.6 Å². The van der Waals surface area contributed by atoms with E-state index in [1.807, 2.05) is 6.07 Å². The molecule has 2 rings (SSSR count). The summed E-state index contributed by atoms with van der Waals surface area (Å²) in [5.41, 5.74) is 1.10. The van der Waals surface area contributed by atoms with Gasteiger partial charge in [-0.25, -0.2) is 0 Å². The van der Waals surface area contributed by atoms with Crippen molar-refractivity contribution < 1.29 is 14.7 Å². The lowest BCUT2D eigenvalue weighted by molar-refractivity contribution is -0.138. The summed E-state index contributed by atoms with van der Waals surface area (Å²) < 4.78 is 0. The Kier molecular flexibility index (Phi) is 3.06. The molecule has 0 fully saturated rings. The lowest BCUT2D eigenvalue weighted by Crippen LogP contribution is -2.34. The second-order valence-corrected chi connectivity index (χ2v) is 4.01. The molecule has 88 valence electrons. The molecule has 0 aromatic heterocycles. The van der Waals surface area contributed by atoms with Crippen molar-refractivity contribution in [2.45, 2.75) is 13.0 Å². The van der Waals surface area contributed by atoms with Crippen LogP contribution in [-0.4, -0.2) is 28.4 Å². The van der Waals surface area contributed by atoms with Gasteiger partial charge in [0.05, 0.1) is 12.6 Å². The van der Waals surface area contributed by atoms with Crippen molar-refractivity contribution in [2.24, 2.45) is 0 Å². The minimum Gasteiger partial charge on any atom is -0.387 e. The van der Waals surface area contributed by atoms with E-state index in [0.717, 1.165) is 4.90 Å². The van der Waals surface area contributed by atoms with Gasteiger partial charge in [0.25, 0.3) is 11.8 Å². The lowest BCUT2D eigenvalue weighted by Gasteiger charge is -2.19. The molecule has 1 aromatic carbocycles. The molecule has 1 aliphatic rings. The fraction of sp³-hybridized carbons (Fsp3) is 0.231. The molecule has 0 saturated carbocycles. The van der Waals surface area contributed by atoms with E-state index in [1.165, 1.54) is 6.08 Å². The number of imide groups is 1. The summed E-state index contributed by atoms with van der Waals surface area (Å²) in [5, 5.41) is 9.93. The molecule has 0 aliphatic carbocycles. The zero-order valence-electron chi connectivity index (χ0n) is 9.46. The summed E-state index contributed by atoms with van der Waals surface area (Å²) >= 11 is 0. The molecule has 1 aromatic rings. The highest BCUT2D eigenvalue weighted by molar-refractivity contribution is 6.15. The van der Waals surface area contributed by atoms with Crippen molar-refractivity contribution >= 4 is 11.8 Å². The normalized spacial score (nSPS) is 17.3. The van der Waals surface area contributed by atoms with Gasteiger partial charge in [0, 0.05) is 11.6 Å². The van der Waals surface area contributed by atoms with Gasteiger partial charge in [0.15, 0.2) is 0 Å². The van der Waals surface area contributed by atoms with Gasteiger partial charge in [-0.3, -0.25) is 14.5 Å². The fourth-order valence-corrected chi connectivity index (χ4v) is 1.76. The molecule has 1 aliphatic heterocycles. The van der Waals surface area contributed by atoms with Crippen molar-refractivity contribution in [1.82, 2.24) is 4.90 Å². The predicted octanol–water partition coefficient (Wildman–Crippen LogP) is 1.04. The zero-order chi connectivity index (χ0) is 12.4. The highest BCUT2D eigenvalue weighted by atomic mass is 16.3. The standard InChI is InChI=1S/C13H13NO3/c1-9-7-12(16)14(13(9)17)8-11(15)10-5-3-2-4-6-10/h2-7,11,15H,8H2,1H3. The molecule has 1 N–H and O–H groups in total. The van der Waals surface area contributed by atoms with Gasteiger partial charge in [-0.05, 0) is 12.5 Å². The van der Waals surface area contributed by atoms with Crippen LogP contribution >= 0.6 is 0 Å². The molecule has 17 heavy (non-hydrogen) atoms. The lowest BCUT2D eigenvalue weighted by atomic mass is 10.1. The number of amides is 2. The average Bonchev–Trinajstić information content (AvgIpc) is 2.57. The summed E-state index contributed by atoms with van der Waals surface area (Å²) in [4.78, 5) is 24.2. The third kappa shape index (κ3) is 2.26. The van der Waals surface area contributed by atoms with Crippen LogP contribution in [0.5, 0.6) is 0 Å². The predicted molar refractivity (Wildman–Crippen MR) is 61.9 cm³/mol. The number of β-amino-alcohol motifs (C(OH)–C–C–N with tert-alkyl or cyclic N) is 1. The molecular weight excluding hydrogens is 218 g/mol. The van der Waals surface area contributed by atoms with E-state index in [4.69, 9.17) is 0 Å². The molecule has 0 saturated heterocycles. The number of rotatable bonds is 3. The Labute approximate surface area is 99.2 Å². The Morgan fingerprint density at radius 1 is 1.24 bits per heavy atom. The van der Waals surface area contributed by atoms with Crippen LogP contribution < -0.4 is 0 Å². The Hall–Kier alpha value is -1.94. The summed E-state index contributed by atoms with van der Waals surface area (Å²) in [5.74, 6) is -0.688. The van der Waals surface area contributed by atoms with Crippen LogP contribution in [0.25, 0.3) is 0 Å². The minimum absolute atomic E-state index is 0.00444. The average molecular weight is 231 g/mol. The van der Waals surface area contributed by atoms with Crippen molar-refractivity contribution in [1.29, 1.82) is 0 Å².